The molecule has 5 nitrogen and oxygen atoms in total. The molecule has 2 aromatic rings. The number of aryl methyl sites for hydroxylation is 2. The number of pyridine rings is 1. The molecule has 0 saturated carbocycles. The lowest BCUT2D eigenvalue weighted by molar-refractivity contribution is 0.217. The van der Waals surface area contributed by atoms with Crippen molar-refractivity contribution in [1.82, 2.24) is 24.6 Å². The van der Waals surface area contributed by atoms with Gasteiger partial charge in [-0.05, 0) is 44.9 Å². The predicted octanol–water partition coefficient (Wildman–Crippen LogP) is 1.95. The van der Waals surface area contributed by atoms with E-state index >= 15 is 0 Å². The van der Waals surface area contributed by atoms with Crippen LogP contribution in [0.2, 0.25) is 0 Å². The van der Waals surface area contributed by atoms with Crippen LogP contribution in [0.5, 0.6) is 0 Å². The Morgan fingerprint density at radius 2 is 2.25 bits per heavy atom. The number of likely N-dealkylation sites (tertiary alicyclic amines) is 1. The van der Waals surface area contributed by atoms with Gasteiger partial charge in [0.25, 0.3) is 0 Å². The summed E-state index contributed by atoms with van der Waals surface area (Å²) in [6.07, 6.45) is 6.28. The Hall–Kier alpha value is -1.75. The van der Waals surface area contributed by atoms with Gasteiger partial charge in [0, 0.05) is 25.0 Å². The highest BCUT2D eigenvalue weighted by molar-refractivity contribution is 5.08. The smallest absolute Gasteiger partial charge is 0.147 e. The van der Waals surface area contributed by atoms with Crippen molar-refractivity contribution < 1.29 is 0 Å². The van der Waals surface area contributed by atoms with Crippen LogP contribution in [-0.4, -0.2) is 37.2 Å². The van der Waals surface area contributed by atoms with E-state index in [0.29, 0.717) is 6.04 Å². The van der Waals surface area contributed by atoms with Crippen molar-refractivity contribution in [3.63, 3.8) is 0 Å². The topological polar surface area (TPSA) is 46.8 Å². The molecule has 1 aliphatic rings. The van der Waals surface area contributed by atoms with Crippen molar-refractivity contribution in [2.24, 2.45) is 0 Å². The monoisotopic (exact) mass is 271 g/mol. The molecule has 1 fully saturated rings. The molecule has 0 unspecified atom stereocenters. The van der Waals surface area contributed by atoms with Crippen molar-refractivity contribution in [2.75, 3.05) is 6.54 Å². The zero-order chi connectivity index (χ0) is 13.9. The van der Waals surface area contributed by atoms with Crippen molar-refractivity contribution in [1.29, 1.82) is 0 Å². The molecule has 1 aliphatic heterocycles. The van der Waals surface area contributed by atoms with Crippen LogP contribution in [0.4, 0.5) is 0 Å². The SMILES string of the molecule is Cc1nc(C)n(C[C@@H]2CCCN2Cc2cccnc2)n1. The second-order valence-electron chi connectivity index (χ2n) is 5.52. The first-order valence-electron chi connectivity index (χ1n) is 7.23. The van der Waals surface area contributed by atoms with Crippen LogP contribution < -0.4 is 0 Å². The third-order valence-electron chi connectivity index (χ3n) is 3.95. The molecule has 0 spiro atoms. The highest BCUT2D eigenvalue weighted by Gasteiger charge is 2.25. The maximum Gasteiger partial charge on any atom is 0.147 e. The Kier molecular flexibility index (Phi) is 3.78. The molecule has 0 amide bonds. The van der Waals surface area contributed by atoms with Crippen LogP contribution in [0.1, 0.15) is 30.1 Å². The van der Waals surface area contributed by atoms with Crippen molar-refractivity contribution in [3.8, 4) is 0 Å². The zero-order valence-electron chi connectivity index (χ0n) is 12.2. The molecular weight excluding hydrogens is 250 g/mol. The molecule has 20 heavy (non-hydrogen) atoms. The lowest BCUT2D eigenvalue weighted by Gasteiger charge is -2.24. The minimum atomic E-state index is 0.551. The van der Waals surface area contributed by atoms with Crippen molar-refractivity contribution >= 4 is 0 Å². The summed E-state index contributed by atoms with van der Waals surface area (Å²) < 4.78 is 2.04. The predicted molar refractivity (Wildman–Crippen MR) is 77.2 cm³/mol. The average molecular weight is 271 g/mol. The van der Waals surface area contributed by atoms with Gasteiger partial charge in [-0.15, -0.1) is 0 Å². The van der Waals surface area contributed by atoms with Gasteiger partial charge >= 0.3 is 0 Å². The molecule has 1 atom stereocenters. The minimum absolute atomic E-state index is 0.551. The maximum absolute atomic E-state index is 4.48. The Balaban J connectivity index is 1.68. The van der Waals surface area contributed by atoms with E-state index in [1.54, 1.807) is 0 Å². The summed E-state index contributed by atoms with van der Waals surface area (Å²) in [5, 5.41) is 4.48. The molecule has 0 aromatic carbocycles. The van der Waals surface area contributed by atoms with Gasteiger partial charge in [0.05, 0.1) is 6.54 Å². The summed E-state index contributed by atoms with van der Waals surface area (Å²) in [7, 11) is 0. The summed E-state index contributed by atoms with van der Waals surface area (Å²) in [6, 6.07) is 4.70. The zero-order valence-corrected chi connectivity index (χ0v) is 12.2. The average Bonchev–Trinajstić information content (AvgIpc) is 2.99. The highest BCUT2D eigenvalue weighted by Crippen LogP contribution is 2.21. The van der Waals surface area contributed by atoms with Gasteiger partial charge in [0.2, 0.25) is 0 Å². The van der Waals surface area contributed by atoms with E-state index in [-0.39, 0.29) is 0 Å². The van der Waals surface area contributed by atoms with Crippen LogP contribution in [0, 0.1) is 13.8 Å². The summed E-state index contributed by atoms with van der Waals surface area (Å²) in [5.74, 6) is 1.87. The first-order valence-corrected chi connectivity index (χ1v) is 7.23. The van der Waals surface area contributed by atoms with E-state index in [0.717, 1.165) is 31.3 Å². The number of rotatable bonds is 4. The lowest BCUT2D eigenvalue weighted by atomic mass is 10.2. The molecule has 5 heteroatoms. The molecule has 106 valence electrons. The minimum Gasteiger partial charge on any atom is -0.294 e. The van der Waals surface area contributed by atoms with E-state index in [2.05, 4.69) is 26.0 Å². The molecule has 0 aliphatic carbocycles. The van der Waals surface area contributed by atoms with Gasteiger partial charge in [0.1, 0.15) is 11.6 Å². The normalized spacial score (nSPS) is 19.6. The first kappa shape index (κ1) is 13.2. The van der Waals surface area contributed by atoms with Gasteiger partial charge in [-0.25, -0.2) is 9.67 Å². The fourth-order valence-electron chi connectivity index (χ4n) is 2.97. The number of hydrogen-bond acceptors (Lipinski definition) is 4. The third-order valence-corrected chi connectivity index (χ3v) is 3.95. The third kappa shape index (κ3) is 2.88. The Labute approximate surface area is 119 Å². The van der Waals surface area contributed by atoms with E-state index in [9.17, 15) is 0 Å². The fraction of sp³-hybridized carbons (Fsp3) is 0.533. The van der Waals surface area contributed by atoms with Crippen LogP contribution in [-0.2, 0) is 13.1 Å². The van der Waals surface area contributed by atoms with E-state index < -0.39 is 0 Å². The quantitative estimate of drug-likeness (QED) is 0.853. The molecule has 0 radical (unpaired) electrons. The van der Waals surface area contributed by atoms with Gasteiger partial charge < -0.3 is 0 Å². The second kappa shape index (κ2) is 5.71. The molecule has 3 rings (SSSR count). The molecule has 3 heterocycles. The molecule has 0 bridgehead atoms. The van der Waals surface area contributed by atoms with Gasteiger partial charge in [-0.3, -0.25) is 9.88 Å². The molecular formula is C15H21N5. The highest BCUT2D eigenvalue weighted by atomic mass is 15.4. The summed E-state index contributed by atoms with van der Waals surface area (Å²) in [6.45, 7) is 7.05. The summed E-state index contributed by atoms with van der Waals surface area (Å²) in [4.78, 5) is 11.1. The second-order valence-corrected chi connectivity index (χ2v) is 5.52. The van der Waals surface area contributed by atoms with E-state index in [4.69, 9.17) is 0 Å². The van der Waals surface area contributed by atoms with Crippen LogP contribution in [0.3, 0.4) is 0 Å². The molecule has 0 N–H and O–H groups in total. The van der Waals surface area contributed by atoms with Gasteiger partial charge in [0.15, 0.2) is 0 Å². The first-order chi connectivity index (χ1) is 9.72. The molecule has 2 aromatic heterocycles. The Bertz CT molecular complexity index is 563. The summed E-state index contributed by atoms with van der Waals surface area (Å²) >= 11 is 0. The van der Waals surface area contributed by atoms with E-state index in [1.807, 2.05) is 37.0 Å². The number of hydrogen-bond donors (Lipinski definition) is 0. The standard InChI is InChI=1S/C15H21N5/c1-12-17-13(2)20(18-12)11-15-6-4-8-19(15)10-14-5-3-7-16-9-14/h3,5,7,9,15H,4,6,8,10-11H2,1-2H3/t15-/m0/s1. The summed E-state index contributed by atoms with van der Waals surface area (Å²) in [5.41, 5.74) is 1.28. The lowest BCUT2D eigenvalue weighted by Crippen LogP contribution is -2.33. The van der Waals surface area contributed by atoms with Crippen LogP contribution >= 0.6 is 0 Å². The Morgan fingerprint density at radius 1 is 1.35 bits per heavy atom. The molecule has 1 saturated heterocycles. The van der Waals surface area contributed by atoms with Gasteiger partial charge in [-0.1, -0.05) is 6.07 Å². The Morgan fingerprint density at radius 3 is 2.95 bits per heavy atom. The van der Waals surface area contributed by atoms with Crippen LogP contribution in [0.15, 0.2) is 24.5 Å². The maximum atomic E-state index is 4.48. The van der Waals surface area contributed by atoms with Gasteiger partial charge in [-0.2, -0.15) is 5.10 Å². The van der Waals surface area contributed by atoms with Crippen molar-refractivity contribution in [2.45, 2.75) is 45.8 Å². The largest absolute Gasteiger partial charge is 0.294 e. The number of aromatic nitrogens is 4. The van der Waals surface area contributed by atoms with Crippen LogP contribution in [0.25, 0.3) is 0 Å². The van der Waals surface area contributed by atoms with Crippen molar-refractivity contribution in [3.05, 3.63) is 41.7 Å². The van der Waals surface area contributed by atoms with E-state index in [1.165, 1.54) is 18.4 Å². The number of nitrogens with zero attached hydrogens (tertiary/aromatic N) is 5. The fourth-order valence-corrected chi connectivity index (χ4v) is 2.97.